The maximum Gasteiger partial charge on any atom is 0.238 e. The highest BCUT2D eigenvalue weighted by molar-refractivity contribution is 6.55. The van der Waals surface area contributed by atoms with Gasteiger partial charge in [-0.3, -0.25) is 14.4 Å². The molecule has 1 aromatic heterocycles. The Labute approximate surface area is 162 Å². The van der Waals surface area contributed by atoms with Gasteiger partial charge in [-0.25, -0.2) is 0 Å². The molecule has 5 heteroatoms. The van der Waals surface area contributed by atoms with Gasteiger partial charge in [0.1, 0.15) is 5.76 Å². The second-order valence-corrected chi connectivity index (χ2v) is 7.19. The Bertz CT molecular complexity index is 1170. The van der Waals surface area contributed by atoms with E-state index in [9.17, 15) is 14.4 Å². The van der Waals surface area contributed by atoms with Gasteiger partial charge in [0.25, 0.3) is 0 Å². The molecule has 28 heavy (non-hydrogen) atoms. The van der Waals surface area contributed by atoms with E-state index in [4.69, 9.17) is 4.42 Å². The fourth-order valence-corrected chi connectivity index (χ4v) is 3.79. The molecule has 0 fully saturated rings. The molecule has 140 valence electrons. The van der Waals surface area contributed by atoms with Crippen molar-refractivity contribution in [1.82, 2.24) is 0 Å². The van der Waals surface area contributed by atoms with Crippen LogP contribution in [0.25, 0.3) is 22.5 Å². The smallest absolute Gasteiger partial charge is 0.238 e. The predicted octanol–water partition coefficient (Wildman–Crippen LogP) is 4.88. The van der Waals surface area contributed by atoms with Crippen molar-refractivity contribution >= 4 is 23.2 Å². The Morgan fingerprint density at radius 2 is 1.54 bits per heavy atom. The number of aryl methyl sites for hydroxylation is 3. The van der Waals surface area contributed by atoms with Gasteiger partial charge in [-0.2, -0.15) is 0 Å². The summed E-state index contributed by atoms with van der Waals surface area (Å²) in [5, 5.41) is 2.70. The highest BCUT2D eigenvalue weighted by Crippen LogP contribution is 2.45. The van der Waals surface area contributed by atoms with E-state index < -0.39 is 11.6 Å². The topological polar surface area (TPSA) is 76.4 Å². The Balaban J connectivity index is 2.02. The van der Waals surface area contributed by atoms with Crippen molar-refractivity contribution in [3.05, 3.63) is 64.4 Å². The lowest BCUT2D eigenvalue weighted by Gasteiger charge is -2.21. The van der Waals surface area contributed by atoms with Crippen LogP contribution >= 0.6 is 0 Å². The number of nitrogens with one attached hydrogen (secondary N) is 1. The maximum absolute atomic E-state index is 13.1. The van der Waals surface area contributed by atoms with E-state index in [0.29, 0.717) is 22.6 Å². The summed E-state index contributed by atoms with van der Waals surface area (Å²) in [7, 11) is 0. The van der Waals surface area contributed by atoms with Crippen LogP contribution in [0.5, 0.6) is 0 Å². The molecule has 0 unspecified atom stereocenters. The first kappa shape index (κ1) is 17.9. The van der Waals surface area contributed by atoms with Gasteiger partial charge < -0.3 is 9.73 Å². The van der Waals surface area contributed by atoms with Crippen LogP contribution in [0.15, 0.2) is 41.0 Å². The normalized spacial score (nSPS) is 12.6. The van der Waals surface area contributed by atoms with E-state index >= 15 is 0 Å². The fourth-order valence-electron chi connectivity index (χ4n) is 3.79. The molecule has 0 saturated carbocycles. The molecule has 0 spiro atoms. The zero-order valence-electron chi connectivity index (χ0n) is 16.1. The number of fused-ring (bicyclic) bond motifs is 3. The summed E-state index contributed by atoms with van der Waals surface area (Å²) in [4.78, 5) is 37.8. The van der Waals surface area contributed by atoms with E-state index in [2.05, 4.69) is 5.32 Å². The Morgan fingerprint density at radius 1 is 0.893 bits per heavy atom. The van der Waals surface area contributed by atoms with Gasteiger partial charge in [0.05, 0.1) is 23.1 Å². The molecule has 0 radical (unpaired) electrons. The van der Waals surface area contributed by atoms with E-state index in [1.807, 2.05) is 44.2 Å². The first-order valence-corrected chi connectivity index (χ1v) is 8.99. The van der Waals surface area contributed by atoms with Crippen LogP contribution in [-0.4, -0.2) is 17.5 Å². The maximum atomic E-state index is 13.1. The van der Waals surface area contributed by atoms with Crippen LogP contribution in [0.1, 0.15) is 44.3 Å². The average molecular weight is 373 g/mol. The van der Waals surface area contributed by atoms with Crippen LogP contribution in [0.3, 0.4) is 0 Å². The Morgan fingerprint density at radius 3 is 2.18 bits per heavy atom. The van der Waals surface area contributed by atoms with Gasteiger partial charge in [-0.05, 0) is 37.5 Å². The van der Waals surface area contributed by atoms with Gasteiger partial charge in [0.15, 0.2) is 0 Å². The third kappa shape index (κ3) is 2.59. The molecular formula is C23H19NO4. The van der Waals surface area contributed by atoms with Gasteiger partial charge >= 0.3 is 0 Å². The molecule has 1 heterocycles. The van der Waals surface area contributed by atoms with Crippen molar-refractivity contribution in [3.63, 3.8) is 0 Å². The van der Waals surface area contributed by atoms with Gasteiger partial charge in [0.2, 0.25) is 17.5 Å². The zero-order chi connectivity index (χ0) is 20.2. The number of furan rings is 1. The summed E-state index contributed by atoms with van der Waals surface area (Å²) in [5.74, 6) is -1.18. The SMILES string of the molecule is CC(=O)Nc1c(C)cc(C)c2c1C(=O)C(=O)c1c(-c3ccc(C)cc3)coc1-2. The standard InChI is InChI=1S/C23H19NO4/c1-11-5-7-15(8-6-11)16-10-28-23-17-12(2)9-13(3)20(24-14(4)25)19(17)22(27)21(26)18(16)23/h5-10H,1-4H3,(H,24,25). The molecule has 2 aromatic carbocycles. The van der Waals surface area contributed by atoms with Gasteiger partial charge in [0, 0.05) is 18.1 Å². The monoisotopic (exact) mass is 373 g/mol. The Hall–Kier alpha value is -3.47. The second kappa shape index (κ2) is 6.30. The quantitative estimate of drug-likeness (QED) is 0.650. The number of anilines is 1. The highest BCUT2D eigenvalue weighted by atomic mass is 16.3. The summed E-state index contributed by atoms with van der Waals surface area (Å²) in [5.41, 5.74) is 5.46. The van der Waals surface area contributed by atoms with Gasteiger partial charge in [-0.1, -0.05) is 35.9 Å². The van der Waals surface area contributed by atoms with Crippen molar-refractivity contribution in [2.45, 2.75) is 27.7 Å². The third-order valence-electron chi connectivity index (χ3n) is 5.06. The van der Waals surface area contributed by atoms with E-state index in [1.54, 1.807) is 6.92 Å². The van der Waals surface area contributed by atoms with E-state index in [0.717, 1.165) is 22.3 Å². The molecular weight excluding hydrogens is 354 g/mol. The van der Waals surface area contributed by atoms with Crippen molar-refractivity contribution in [2.75, 3.05) is 5.32 Å². The molecule has 0 bridgehead atoms. The number of rotatable bonds is 2. The highest BCUT2D eigenvalue weighted by Gasteiger charge is 2.39. The summed E-state index contributed by atoms with van der Waals surface area (Å²) in [6.07, 6.45) is 1.52. The first-order chi connectivity index (χ1) is 13.3. The second-order valence-electron chi connectivity index (χ2n) is 7.19. The number of amides is 1. The molecule has 1 aliphatic rings. The largest absolute Gasteiger partial charge is 0.463 e. The van der Waals surface area contributed by atoms with Crippen LogP contribution in [0.2, 0.25) is 0 Å². The molecule has 0 aliphatic heterocycles. The molecule has 1 aliphatic carbocycles. The molecule has 1 N–H and O–H groups in total. The lowest BCUT2D eigenvalue weighted by atomic mass is 9.81. The molecule has 1 amide bonds. The van der Waals surface area contributed by atoms with E-state index in [-0.39, 0.29) is 17.0 Å². The molecule has 0 saturated heterocycles. The number of benzene rings is 2. The summed E-state index contributed by atoms with van der Waals surface area (Å²) in [6, 6.07) is 9.57. The minimum atomic E-state index is -0.632. The number of Topliss-reactive ketones (excluding diaryl/α,β-unsaturated/α-hetero) is 2. The van der Waals surface area contributed by atoms with Crippen LogP contribution in [-0.2, 0) is 4.79 Å². The van der Waals surface area contributed by atoms with Gasteiger partial charge in [-0.15, -0.1) is 0 Å². The summed E-state index contributed by atoms with van der Waals surface area (Å²) < 4.78 is 5.81. The minimum absolute atomic E-state index is 0.204. The van der Waals surface area contributed by atoms with Crippen molar-refractivity contribution in [1.29, 1.82) is 0 Å². The minimum Gasteiger partial charge on any atom is -0.463 e. The summed E-state index contributed by atoms with van der Waals surface area (Å²) in [6.45, 7) is 7.01. The van der Waals surface area contributed by atoms with Crippen LogP contribution in [0, 0.1) is 20.8 Å². The number of hydrogen-bond acceptors (Lipinski definition) is 4. The molecule has 0 atom stereocenters. The lowest BCUT2D eigenvalue weighted by molar-refractivity contribution is -0.114. The van der Waals surface area contributed by atoms with Crippen molar-refractivity contribution in [2.24, 2.45) is 0 Å². The summed E-state index contributed by atoms with van der Waals surface area (Å²) >= 11 is 0. The number of ketones is 2. The zero-order valence-corrected chi connectivity index (χ0v) is 16.1. The molecule has 5 nitrogen and oxygen atoms in total. The lowest BCUT2D eigenvalue weighted by Crippen LogP contribution is -2.24. The van der Waals surface area contributed by atoms with Crippen molar-refractivity contribution in [3.8, 4) is 22.5 Å². The number of carbonyl (C=O) groups is 3. The van der Waals surface area contributed by atoms with Crippen LogP contribution in [0.4, 0.5) is 5.69 Å². The predicted molar refractivity (Wildman–Crippen MR) is 107 cm³/mol. The fraction of sp³-hybridized carbons (Fsp3) is 0.174. The van der Waals surface area contributed by atoms with Crippen LogP contribution < -0.4 is 5.32 Å². The number of carbonyl (C=O) groups excluding carboxylic acids is 3. The average Bonchev–Trinajstić information content (AvgIpc) is 3.07. The number of hydrogen-bond donors (Lipinski definition) is 1. The first-order valence-electron chi connectivity index (χ1n) is 8.99. The third-order valence-corrected chi connectivity index (χ3v) is 5.06. The molecule has 3 aromatic rings. The van der Waals surface area contributed by atoms with E-state index in [1.165, 1.54) is 13.2 Å². The Kier molecular flexibility index (Phi) is 4.03. The molecule has 4 rings (SSSR count). The van der Waals surface area contributed by atoms with Crippen molar-refractivity contribution < 1.29 is 18.8 Å².